The average Bonchev–Trinajstić information content (AvgIpc) is 2.18. The number of hydrazine groups is 1. The minimum Gasteiger partial charge on any atom is -0.371 e. The summed E-state index contributed by atoms with van der Waals surface area (Å²) in [5.41, 5.74) is 0.586. The van der Waals surface area contributed by atoms with Gasteiger partial charge in [0.25, 0.3) is 0 Å². The second-order valence-corrected chi connectivity index (χ2v) is 3.38. The van der Waals surface area contributed by atoms with Crippen molar-refractivity contribution in [3.05, 3.63) is 35.6 Å². The Hall–Kier alpha value is -0.970. The normalized spacial score (nSPS) is 23.7. The van der Waals surface area contributed by atoms with E-state index in [0.29, 0.717) is 25.3 Å². The Labute approximate surface area is 82.2 Å². The number of hydrogen-bond acceptors (Lipinski definition) is 3. The number of halogens is 1. The van der Waals surface area contributed by atoms with E-state index in [9.17, 15) is 4.39 Å². The van der Waals surface area contributed by atoms with Crippen LogP contribution >= 0.6 is 0 Å². The van der Waals surface area contributed by atoms with E-state index >= 15 is 0 Å². The lowest BCUT2D eigenvalue weighted by atomic mass is 10.1. The van der Waals surface area contributed by atoms with E-state index in [4.69, 9.17) is 10.6 Å². The highest BCUT2D eigenvalue weighted by Crippen LogP contribution is 2.22. The van der Waals surface area contributed by atoms with Gasteiger partial charge in [-0.15, -0.1) is 0 Å². The van der Waals surface area contributed by atoms with E-state index < -0.39 is 0 Å². The van der Waals surface area contributed by atoms with Crippen LogP contribution in [0.2, 0.25) is 0 Å². The summed E-state index contributed by atoms with van der Waals surface area (Å²) in [6.45, 7) is 1.79. The van der Waals surface area contributed by atoms with Crippen LogP contribution in [0.25, 0.3) is 0 Å². The molecule has 1 aliphatic rings. The molecule has 1 heterocycles. The smallest absolute Gasteiger partial charge is 0.129 e. The fourth-order valence-corrected chi connectivity index (χ4v) is 1.59. The first-order valence-corrected chi connectivity index (χ1v) is 4.63. The largest absolute Gasteiger partial charge is 0.371 e. The van der Waals surface area contributed by atoms with Crippen LogP contribution in [0, 0.1) is 5.82 Å². The monoisotopic (exact) mass is 196 g/mol. The van der Waals surface area contributed by atoms with Gasteiger partial charge in [-0.3, -0.25) is 5.84 Å². The second-order valence-electron chi connectivity index (χ2n) is 3.38. The molecule has 1 aromatic carbocycles. The molecule has 1 atom stereocenters. The molecule has 3 nitrogen and oxygen atoms in total. The number of morpholine rings is 1. The van der Waals surface area contributed by atoms with Crippen LogP contribution in [-0.2, 0) is 4.74 Å². The zero-order valence-corrected chi connectivity index (χ0v) is 7.82. The van der Waals surface area contributed by atoms with Crippen LogP contribution in [-0.4, -0.2) is 24.7 Å². The zero-order valence-electron chi connectivity index (χ0n) is 7.82. The molecule has 0 aliphatic carbocycles. The Morgan fingerprint density at radius 3 is 2.93 bits per heavy atom. The third-order valence-electron chi connectivity index (χ3n) is 2.35. The first-order chi connectivity index (χ1) is 6.77. The van der Waals surface area contributed by atoms with Crippen LogP contribution in [0.4, 0.5) is 4.39 Å². The summed E-state index contributed by atoms with van der Waals surface area (Å²) in [6.07, 6.45) is -0.241. The molecule has 4 heteroatoms. The van der Waals surface area contributed by atoms with Crippen LogP contribution in [0.5, 0.6) is 0 Å². The Balaban J connectivity index is 2.18. The van der Waals surface area contributed by atoms with Gasteiger partial charge in [-0.25, -0.2) is 9.40 Å². The number of nitrogens with zero attached hydrogens (tertiary/aromatic N) is 1. The van der Waals surface area contributed by atoms with Gasteiger partial charge in [0, 0.05) is 18.7 Å². The molecule has 0 amide bonds. The Morgan fingerprint density at radius 2 is 2.21 bits per heavy atom. The molecule has 1 unspecified atom stereocenters. The molecule has 2 N–H and O–H groups in total. The van der Waals surface area contributed by atoms with Gasteiger partial charge < -0.3 is 4.74 Å². The number of nitrogens with two attached hydrogens (primary N) is 1. The van der Waals surface area contributed by atoms with E-state index in [-0.39, 0.29) is 11.9 Å². The molecule has 76 valence electrons. The molecule has 1 fully saturated rings. The Morgan fingerprint density at radius 1 is 1.43 bits per heavy atom. The number of rotatable bonds is 1. The second kappa shape index (κ2) is 4.04. The standard InChI is InChI=1S/C10H13FN2O/c11-9-4-2-1-3-8(9)10-7-13(12)5-6-14-10/h1-4,10H,5-7,12H2. The van der Waals surface area contributed by atoms with Crippen LogP contribution in [0.3, 0.4) is 0 Å². The highest BCUT2D eigenvalue weighted by atomic mass is 19.1. The fraction of sp³-hybridized carbons (Fsp3) is 0.400. The first-order valence-electron chi connectivity index (χ1n) is 4.63. The van der Waals surface area contributed by atoms with Crippen LogP contribution < -0.4 is 5.84 Å². The van der Waals surface area contributed by atoms with E-state index in [2.05, 4.69) is 0 Å². The lowest BCUT2D eigenvalue weighted by molar-refractivity contribution is -0.0320. The number of benzene rings is 1. The van der Waals surface area contributed by atoms with Gasteiger partial charge >= 0.3 is 0 Å². The maximum absolute atomic E-state index is 13.4. The van der Waals surface area contributed by atoms with Crippen molar-refractivity contribution in [2.75, 3.05) is 19.7 Å². The highest BCUT2D eigenvalue weighted by Gasteiger charge is 2.21. The van der Waals surface area contributed by atoms with Gasteiger partial charge in [-0.05, 0) is 6.07 Å². The summed E-state index contributed by atoms with van der Waals surface area (Å²) in [4.78, 5) is 0. The lowest BCUT2D eigenvalue weighted by Gasteiger charge is -2.29. The maximum Gasteiger partial charge on any atom is 0.129 e. The summed E-state index contributed by atoms with van der Waals surface area (Å²) in [5.74, 6) is 5.41. The molecule has 0 aromatic heterocycles. The van der Waals surface area contributed by atoms with Gasteiger partial charge in [-0.2, -0.15) is 0 Å². The highest BCUT2D eigenvalue weighted by molar-refractivity contribution is 5.20. The molecule has 1 aromatic rings. The minimum atomic E-state index is -0.241. The molecule has 0 bridgehead atoms. The molecule has 2 rings (SSSR count). The predicted molar refractivity (Wildman–Crippen MR) is 50.9 cm³/mol. The molecule has 1 aliphatic heterocycles. The van der Waals surface area contributed by atoms with Gasteiger partial charge in [0.15, 0.2) is 0 Å². The molecule has 0 radical (unpaired) electrons. The zero-order chi connectivity index (χ0) is 9.97. The van der Waals surface area contributed by atoms with Crippen LogP contribution in [0.15, 0.2) is 24.3 Å². The van der Waals surface area contributed by atoms with Gasteiger partial charge in [-0.1, -0.05) is 18.2 Å². The Kier molecular flexibility index (Phi) is 2.77. The minimum absolute atomic E-state index is 0.229. The molecule has 1 saturated heterocycles. The van der Waals surface area contributed by atoms with Gasteiger partial charge in [0.2, 0.25) is 0 Å². The van der Waals surface area contributed by atoms with Crippen molar-refractivity contribution >= 4 is 0 Å². The molecule has 0 saturated carbocycles. The third kappa shape index (κ3) is 1.92. The quantitative estimate of drug-likeness (QED) is 0.683. The van der Waals surface area contributed by atoms with E-state index in [1.54, 1.807) is 23.2 Å². The predicted octanol–water partition coefficient (Wildman–Crippen LogP) is 1.07. The Bertz CT molecular complexity index is 319. The van der Waals surface area contributed by atoms with Crippen molar-refractivity contribution in [1.29, 1.82) is 0 Å². The summed E-state index contributed by atoms with van der Waals surface area (Å²) >= 11 is 0. The topological polar surface area (TPSA) is 38.5 Å². The molecule has 0 spiro atoms. The molecular formula is C10H13FN2O. The van der Waals surface area contributed by atoms with E-state index in [1.165, 1.54) is 6.07 Å². The molecular weight excluding hydrogens is 183 g/mol. The summed E-state index contributed by atoms with van der Waals surface area (Å²) in [5, 5.41) is 1.65. The van der Waals surface area contributed by atoms with Crippen molar-refractivity contribution in [2.24, 2.45) is 5.84 Å². The van der Waals surface area contributed by atoms with Gasteiger partial charge in [0.05, 0.1) is 12.7 Å². The summed E-state index contributed by atoms with van der Waals surface area (Å²) in [7, 11) is 0. The lowest BCUT2D eigenvalue weighted by Crippen LogP contribution is -2.42. The van der Waals surface area contributed by atoms with Gasteiger partial charge in [0.1, 0.15) is 5.82 Å². The maximum atomic E-state index is 13.4. The molecule has 14 heavy (non-hydrogen) atoms. The number of ether oxygens (including phenoxy) is 1. The SMILES string of the molecule is NN1CCOC(c2ccccc2F)C1. The van der Waals surface area contributed by atoms with E-state index in [0.717, 1.165) is 0 Å². The van der Waals surface area contributed by atoms with Crippen molar-refractivity contribution in [1.82, 2.24) is 5.01 Å². The summed E-state index contributed by atoms with van der Waals surface area (Å²) in [6, 6.07) is 6.65. The third-order valence-corrected chi connectivity index (χ3v) is 2.35. The van der Waals surface area contributed by atoms with Crippen LogP contribution in [0.1, 0.15) is 11.7 Å². The fourth-order valence-electron chi connectivity index (χ4n) is 1.59. The van der Waals surface area contributed by atoms with Crippen molar-refractivity contribution in [3.63, 3.8) is 0 Å². The van der Waals surface area contributed by atoms with Crippen molar-refractivity contribution in [3.8, 4) is 0 Å². The first kappa shape index (κ1) is 9.58. The van der Waals surface area contributed by atoms with Crippen molar-refractivity contribution < 1.29 is 9.13 Å². The summed E-state index contributed by atoms with van der Waals surface area (Å²) < 4.78 is 18.8. The van der Waals surface area contributed by atoms with E-state index in [1.807, 2.05) is 0 Å². The van der Waals surface area contributed by atoms with Crippen molar-refractivity contribution in [2.45, 2.75) is 6.10 Å². The number of hydrogen-bond donors (Lipinski definition) is 1. The average molecular weight is 196 g/mol.